The zero-order valence-electron chi connectivity index (χ0n) is 16.9. The SMILES string of the molecule is O=C(O)c1ccc(Cn2c(Cc3ccccc3)nc3scc(-c4ccccc4)c3c2=O)o1. The summed E-state index contributed by atoms with van der Waals surface area (Å²) in [6.45, 7) is 0.0985. The van der Waals surface area contributed by atoms with Crippen LogP contribution < -0.4 is 5.56 Å². The zero-order chi connectivity index (χ0) is 22.1. The van der Waals surface area contributed by atoms with Gasteiger partial charge in [-0.2, -0.15) is 0 Å². The third-order valence-electron chi connectivity index (χ3n) is 5.25. The molecule has 2 aromatic carbocycles. The number of hydrogen-bond donors (Lipinski definition) is 1. The highest BCUT2D eigenvalue weighted by Crippen LogP contribution is 2.31. The fraction of sp³-hybridized carbons (Fsp3) is 0.0800. The molecule has 3 heterocycles. The predicted octanol–water partition coefficient (Wildman–Crippen LogP) is 5.06. The molecule has 5 rings (SSSR count). The molecule has 0 atom stereocenters. The molecule has 0 saturated carbocycles. The summed E-state index contributed by atoms with van der Waals surface area (Å²) < 4.78 is 7.02. The van der Waals surface area contributed by atoms with Crippen LogP contribution in [0.2, 0.25) is 0 Å². The van der Waals surface area contributed by atoms with Crippen molar-refractivity contribution in [3.8, 4) is 11.1 Å². The van der Waals surface area contributed by atoms with Gasteiger partial charge in [-0.1, -0.05) is 60.7 Å². The van der Waals surface area contributed by atoms with Crippen molar-refractivity contribution in [1.29, 1.82) is 0 Å². The van der Waals surface area contributed by atoms with Gasteiger partial charge in [-0.15, -0.1) is 11.3 Å². The molecule has 0 unspecified atom stereocenters. The second kappa shape index (κ2) is 8.28. The fourth-order valence-electron chi connectivity index (χ4n) is 3.71. The first kappa shape index (κ1) is 20.0. The quantitative estimate of drug-likeness (QED) is 0.397. The van der Waals surface area contributed by atoms with Crippen LogP contribution in [0.25, 0.3) is 21.3 Å². The lowest BCUT2D eigenvalue weighted by atomic mass is 10.1. The summed E-state index contributed by atoms with van der Waals surface area (Å²) in [4.78, 5) is 30.4. The molecule has 6 nitrogen and oxygen atoms in total. The number of carbonyl (C=O) groups is 1. The van der Waals surface area contributed by atoms with Crippen molar-refractivity contribution >= 4 is 27.5 Å². The Morgan fingerprint density at radius 1 is 1.00 bits per heavy atom. The van der Waals surface area contributed by atoms with Gasteiger partial charge in [-0.3, -0.25) is 9.36 Å². The molecule has 0 aliphatic rings. The van der Waals surface area contributed by atoms with E-state index in [4.69, 9.17) is 9.40 Å². The minimum Gasteiger partial charge on any atom is -0.475 e. The summed E-state index contributed by atoms with van der Waals surface area (Å²) in [5, 5.41) is 11.7. The van der Waals surface area contributed by atoms with Crippen LogP contribution >= 0.6 is 11.3 Å². The van der Waals surface area contributed by atoms with Crippen LogP contribution in [0, 0.1) is 0 Å². The van der Waals surface area contributed by atoms with Crippen molar-refractivity contribution in [1.82, 2.24) is 9.55 Å². The van der Waals surface area contributed by atoms with Crippen LogP contribution in [0.4, 0.5) is 0 Å². The molecule has 0 bridgehead atoms. The van der Waals surface area contributed by atoms with Crippen molar-refractivity contribution in [2.75, 3.05) is 0 Å². The van der Waals surface area contributed by atoms with E-state index in [9.17, 15) is 14.7 Å². The van der Waals surface area contributed by atoms with Gasteiger partial charge in [-0.05, 0) is 23.3 Å². The standard InChI is InChI=1S/C25H18N2O4S/c28-24-22-19(17-9-5-2-6-10-17)15-32-23(22)26-21(13-16-7-3-1-4-8-16)27(24)14-18-11-12-20(31-18)25(29)30/h1-12,15H,13-14H2,(H,29,30). The van der Waals surface area contributed by atoms with Crippen molar-refractivity contribution in [2.45, 2.75) is 13.0 Å². The molecule has 158 valence electrons. The molecule has 0 aliphatic heterocycles. The van der Waals surface area contributed by atoms with Crippen molar-refractivity contribution in [3.05, 3.63) is 111 Å². The van der Waals surface area contributed by atoms with E-state index in [1.54, 1.807) is 10.6 Å². The molecular formula is C25H18N2O4S. The highest BCUT2D eigenvalue weighted by Gasteiger charge is 2.19. The van der Waals surface area contributed by atoms with Gasteiger partial charge in [0.2, 0.25) is 5.76 Å². The number of hydrogen-bond acceptors (Lipinski definition) is 5. The zero-order valence-corrected chi connectivity index (χ0v) is 17.7. The van der Waals surface area contributed by atoms with Crippen LogP contribution in [0.3, 0.4) is 0 Å². The van der Waals surface area contributed by atoms with Crippen LogP contribution in [-0.4, -0.2) is 20.6 Å². The van der Waals surface area contributed by atoms with Gasteiger partial charge in [0.15, 0.2) is 0 Å². The Morgan fingerprint density at radius 3 is 2.41 bits per heavy atom. The largest absolute Gasteiger partial charge is 0.475 e. The van der Waals surface area contributed by atoms with E-state index in [0.717, 1.165) is 16.7 Å². The average molecular weight is 442 g/mol. The Bertz CT molecular complexity index is 1470. The van der Waals surface area contributed by atoms with E-state index in [1.807, 2.05) is 66.0 Å². The van der Waals surface area contributed by atoms with Gasteiger partial charge in [0.05, 0.1) is 11.9 Å². The maximum Gasteiger partial charge on any atom is 0.371 e. The third-order valence-corrected chi connectivity index (χ3v) is 6.12. The maximum atomic E-state index is 13.7. The number of fused-ring (bicyclic) bond motifs is 1. The number of rotatable bonds is 6. The highest BCUT2D eigenvalue weighted by molar-refractivity contribution is 7.17. The number of aromatic nitrogens is 2. The molecule has 7 heteroatoms. The number of aromatic carboxylic acids is 1. The second-order valence-corrected chi connectivity index (χ2v) is 8.21. The highest BCUT2D eigenvalue weighted by atomic mass is 32.1. The summed E-state index contributed by atoms with van der Waals surface area (Å²) in [5.74, 6) is -0.321. The molecular weight excluding hydrogens is 424 g/mol. The first-order chi connectivity index (χ1) is 15.6. The van der Waals surface area contributed by atoms with Crippen molar-refractivity contribution in [2.24, 2.45) is 0 Å². The molecule has 0 amide bonds. The molecule has 3 aromatic heterocycles. The molecule has 0 aliphatic carbocycles. The summed E-state index contributed by atoms with van der Waals surface area (Å²) in [6.07, 6.45) is 0.469. The number of thiophene rings is 1. The third kappa shape index (κ3) is 3.74. The average Bonchev–Trinajstić information content (AvgIpc) is 3.45. The Labute approximate surface area is 187 Å². The molecule has 0 fully saturated rings. The minimum absolute atomic E-state index is 0.0985. The lowest BCUT2D eigenvalue weighted by molar-refractivity contribution is 0.0660. The summed E-state index contributed by atoms with van der Waals surface area (Å²) in [5.41, 5.74) is 2.65. The maximum absolute atomic E-state index is 13.7. The van der Waals surface area contributed by atoms with E-state index < -0.39 is 5.97 Å². The second-order valence-electron chi connectivity index (χ2n) is 7.35. The lowest BCUT2D eigenvalue weighted by Gasteiger charge is -2.12. The van der Waals surface area contributed by atoms with Gasteiger partial charge >= 0.3 is 5.97 Å². The van der Waals surface area contributed by atoms with Gasteiger partial charge in [-0.25, -0.2) is 9.78 Å². The van der Waals surface area contributed by atoms with Crippen molar-refractivity contribution < 1.29 is 14.3 Å². The monoisotopic (exact) mass is 442 g/mol. The normalized spacial score (nSPS) is 11.1. The fourth-order valence-corrected chi connectivity index (χ4v) is 4.66. The number of nitrogens with zero attached hydrogens (tertiary/aromatic N) is 2. The van der Waals surface area contributed by atoms with Crippen molar-refractivity contribution in [3.63, 3.8) is 0 Å². The van der Waals surface area contributed by atoms with Gasteiger partial charge in [0.1, 0.15) is 16.4 Å². The van der Waals surface area contributed by atoms with E-state index in [1.165, 1.54) is 17.4 Å². The summed E-state index contributed by atoms with van der Waals surface area (Å²) in [7, 11) is 0. The Balaban J connectivity index is 1.67. The van der Waals surface area contributed by atoms with E-state index in [2.05, 4.69) is 0 Å². The van der Waals surface area contributed by atoms with Crippen LogP contribution in [0.1, 0.15) is 27.7 Å². The first-order valence-electron chi connectivity index (χ1n) is 10.0. The lowest BCUT2D eigenvalue weighted by Crippen LogP contribution is -2.26. The van der Waals surface area contributed by atoms with Crippen LogP contribution in [0.5, 0.6) is 0 Å². The van der Waals surface area contributed by atoms with Crippen LogP contribution in [-0.2, 0) is 13.0 Å². The first-order valence-corrected chi connectivity index (χ1v) is 10.9. The van der Waals surface area contributed by atoms with E-state index in [0.29, 0.717) is 28.2 Å². The Kier molecular flexibility index (Phi) is 5.17. The Hall–Kier alpha value is -3.97. The molecule has 5 aromatic rings. The smallest absolute Gasteiger partial charge is 0.371 e. The molecule has 0 saturated heterocycles. The number of carboxylic acid groups (broad SMARTS) is 1. The van der Waals surface area contributed by atoms with Gasteiger partial charge in [0, 0.05) is 17.4 Å². The molecule has 1 N–H and O–H groups in total. The van der Waals surface area contributed by atoms with Gasteiger partial charge < -0.3 is 9.52 Å². The van der Waals surface area contributed by atoms with Gasteiger partial charge in [0.25, 0.3) is 5.56 Å². The molecule has 32 heavy (non-hydrogen) atoms. The number of furan rings is 1. The van der Waals surface area contributed by atoms with E-state index >= 15 is 0 Å². The number of carboxylic acids is 1. The Morgan fingerprint density at radius 2 is 1.72 bits per heavy atom. The minimum atomic E-state index is -1.15. The molecule has 0 radical (unpaired) electrons. The summed E-state index contributed by atoms with van der Waals surface area (Å²) in [6, 6.07) is 22.5. The topological polar surface area (TPSA) is 85.3 Å². The predicted molar refractivity (Wildman–Crippen MR) is 123 cm³/mol. The summed E-state index contributed by atoms with van der Waals surface area (Å²) >= 11 is 1.45. The number of benzene rings is 2. The van der Waals surface area contributed by atoms with E-state index in [-0.39, 0.29) is 17.9 Å². The van der Waals surface area contributed by atoms with Crippen LogP contribution in [0.15, 0.2) is 87.4 Å². The molecule has 0 spiro atoms.